The Balaban J connectivity index is 2.60. The second-order valence-electron chi connectivity index (χ2n) is 5.06. The largest absolute Gasteiger partial charge is 0.408 e. The fourth-order valence-corrected chi connectivity index (χ4v) is 1.77. The molecule has 2 unspecified atom stereocenters. The van der Waals surface area contributed by atoms with Crippen LogP contribution < -0.4 is 10.6 Å². The Morgan fingerprint density at radius 2 is 1.63 bits per heavy atom. The first kappa shape index (κ1) is 15.7. The van der Waals surface area contributed by atoms with Gasteiger partial charge in [0.1, 0.15) is 22.9 Å². The van der Waals surface area contributed by atoms with Crippen LogP contribution in [0.3, 0.4) is 0 Å². The average Bonchev–Trinajstić information content (AvgIpc) is 2.58. The molecule has 2 atom stereocenters. The fraction of sp³-hybridized carbons (Fsp3) is 0.429. The van der Waals surface area contributed by atoms with Crippen molar-refractivity contribution in [3.05, 3.63) is 23.4 Å². The Bertz CT molecular complexity index is 925. The SMILES string of the molecule is [2H]C([2H])([2H])C([2H])(Nc1nc(NC(C)C(F)(F)F)nc(-c2cccc(Cl)n2)n1)C(F)(F)F. The maximum absolute atomic E-state index is 13.4. The number of anilines is 2. The summed E-state index contributed by atoms with van der Waals surface area (Å²) in [6.07, 6.45) is -10.4. The molecule has 0 saturated carbocycles. The zero-order valence-electron chi connectivity index (χ0n) is 17.2. The molecule has 0 saturated heterocycles. The number of nitrogens with zero attached hydrogens (tertiary/aromatic N) is 4. The van der Waals surface area contributed by atoms with Gasteiger partial charge in [0, 0.05) is 4.11 Å². The van der Waals surface area contributed by atoms with E-state index in [1.807, 2.05) is 5.32 Å². The number of aromatic nitrogens is 4. The number of alkyl halides is 6. The molecule has 2 N–H and O–H groups in total. The molecule has 2 aromatic heterocycles. The molecule has 0 amide bonds. The second kappa shape index (κ2) is 7.71. The highest BCUT2D eigenvalue weighted by Crippen LogP contribution is 2.26. The smallest absolute Gasteiger partial charge is 0.343 e. The van der Waals surface area contributed by atoms with Crippen LogP contribution in [0, 0.1) is 0 Å². The number of halogens is 7. The topological polar surface area (TPSA) is 75.6 Å². The van der Waals surface area contributed by atoms with Crippen molar-refractivity contribution in [2.45, 2.75) is 38.2 Å². The van der Waals surface area contributed by atoms with Crippen LogP contribution in [-0.4, -0.2) is 44.3 Å². The molecule has 0 aliphatic heterocycles. The van der Waals surface area contributed by atoms with Gasteiger partial charge in [0.15, 0.2) is 5.82 Å². The predicted octanol–water partition coefficient (Wildman–Crippen LogP) is 4.31. The minimum absolute atomic E-state index is 0.0850. The molecular formula is C14H13ClF6N6. The molecule has 0 aliphatic rings. The maximum atomic E-state index is 13.4. The van der Waals surface area contributed by atoms with E-state index in [0.717, 1.165) is 0 Å². The molecule has 0 spiro atoms. The van der Waals surface area contributed by atoms with Crippen LogP contribution in [0.1, 0.15) is 19.3 Å². The van der Waals surface area contributed by atoms with E-state index in [4.69, 9.17) is 17.1 Å². The van der Waals surface area contributed by atoms with Crippen molar-refractivity contribution in [3.8, 4) is 11.5 Å². The van der Waals surface area contributed by atoms with Crippen molar-refractivity contribution < 1.29 is 31.8 Å². The zero-order valence-corrected chi connectivity index (χ0v) is 14.0. The summed E-state index contributed by atoms with van der Waals surface area (Å²) in [6, 6.07) is -2.55. The molecule has 148 valence electrons. The van der Waals surface area contributed by atoms with Gasteiger partial charge in [-0.15, -0.1) is 0 Å². The van der Waals surface area contributed by atoms with Gasteiger partial charge >= 0.3 is 12.4 Å². The van der Waals surface area contributed by atoms with Gasteiger partial charge in [0.25, 0.3) is 0 Å². The van der Waals surface area contributed by atoms with Crippen molar-refractivity contribution >= 4 is 23.5 Å². The Labute approximate surface area is 160 Å². The summed E-state index contributed by atoms with van der Waals surface area (Å²) in [7, 11) is 0. The summed E-state index contributed by atoms with van der Waals surface area (Å²) in [5.74, 6) is -2.48. The van der Waals surface area contributed by atoms with Gasteiger partial charge in [0.2, 0.25) is 11.9 Å². The van der Waals surface area contributed by atoms with E-state index in [9.17, 15) is 26.3 Å². The Morgan fingerprint density at radius 3 is 2.15 bits per heavy atom. The summed E-state index contributed by atoms with van der Waals surface area (Å²) in [4.78, 5) is 14.4. The molecule has 0 bridgehead atoms. The summed E-state index contributed by atoms with van der Waals surface area (Å²) in [6.45, 7) is -3.25. The lowest BCUT2D eigenvalue weighted by molar-refractivity contribution is -0.139. The highest BCUT2D eigenvalue weighted by Gasteiger charge is 2.38. The number of hydrogen-bond acceptors (Lipinski definition) is 6. The first-order valence-corrected chi connectivity index (χ1v) is 7.39. The predicted molar refractivity (Wildman–Crippen MR) is 86.3 cm³/mol. The van der Waals surface area contributed by atoms with Gasteiger partial charge in [-0.25, -0.2) is 4.98 Å². The molecular weight excluding hydrogens is 402 g/mol. The van der Waals surface area contributed by atoms with Gasteiger partial charge in [0.05, 0.1) is 1.37 Å². The first-order chi connectivity index (χ1) is 13.9. The molecule has 13 heteroatoms. The van der Waals surface area contributed by atoms with Gasteiger partial charge in [-0.3, -0.25) is 0 Å². The van der Waals surface area contributed by atoms with Crippen LogP contribution in [0.15, 0.2) is 18.2 Å². The monoisotopic (exact) mass is 418 g/mol. The fourth-order valence-electron chi connectivity index (χ4n) is 1.60. The number of pyridine rings is 1. The minimum Gasteiger partial charge on any atom is -0.343 e. The minimum atomic E-state index is -5.63. The van der Waals surface area contributed by atoms with Gasteiger partial charge in [-0.1, -0.05) is 17.7 Å². The highest BCUT2D eigenvalue weighted by molar-refractivity contribution is 6.29. The zero-order chi connectivity index (χ0) is 23.8. The van der Waals surface area contributed by atoms with E-state index >= 15 is 0 Å². The van der Waals surface area contributed by atoms with Crippen LogP contribution in [0.5, 0.6) is 0 Å². The van der Waals surface area contributed by atoms with Crippen LogP contribution >= 0.6 is 11.6 Å². The van der Waals surface area contributed by atoms with Crippen molar-refractivity contribution in [3.63, 3.8) is 0 Å². The van der Waals surface area contributed by atoms with E-state index < -0.39 is 49.0 Å². The van der Waals surface area contributed by atoms with Crippen molar-refractivity contribution in [1.29, 1.82) is 0 Å². The van der Waals surface area contributed by atoms with Gasteiger partial charge in [-0.05, 0) is 25.9 Å². The molecule has 6 nitrogen and oxygen atoms in total. The standard InChI is InChI=1S/C14H13ClF6N6/c1-6(13(16,17)18)22-11-25-10(8-4-3-5-9(15)24-8)26-12(27-11)23-7(2)14(19,20)21/h3-7H,1-2H3,(H2,22,23,25,26,27)/i1D3,6D. The van der Waals surface area contributed by atoms with Crippen molar-refractivity contribution in [2.24, 2.45) is 0 Å². The van der Waals surface area contributed by atoms with Crippen molar-refractivity contribution in [1.82, 2.24) is 19.9 Å². The third-order valence-electron chi connectivity index (χ3n) is 2.94. The van der Waals surface area contributed by atoms with Gasteiger partial charge < -0.3 is 10.6 Å². The maximum Gasteiger partial charge on any atom is 0.408 e. The second-order valence-corrected chi connectivity index (χ2v) is 5.44. The molecule has 0 aromatic carbocycles. The van der Waals surface area contributed by atoms with Crippen LogP contribution in [0.2, 0.25) is 5.15 Å². The summed E-state index contributed by atoms with van der Waals surface area (Å²) in [5.41, 5.74) is -0.155. The third-order valence-corrected chi connectivity index (χ3v) is 3.15. The molecule has 2 aromatic rings. The van der Waals surface area contributed by atoms with E-state index in [-0.39, 0.29) is 10.8 Å². The lowest BCUT2D eigenvalue weighted by atomic mass is 10.3. The molecule has 0 radical (unpaired) electrons. The Morgan fingerprint density at radius 1 is 1.00 bits per heavy atom. The van der Waals surface area contributed by atoms with E-state index in [1.54, 1.807) is 0 Å². The Hall–Kier alpha value is -2.37. The number of nitrogens with one attached hydrogen (secondary N) is 2. The highest BCUT2D eigenvalue weighted by atomic mass is 35.5. The van der Waals surface area contributed by atoms with Crippen LogP contribution in [0.25, 0.3) is 11.5 Å². The average molecular weight is 419 g/mol. The number of rotatable bonds is 5. The van der Waals surface area contributed by atoms with Gasteiger partial charge in [-0.2, -0.15) is 41.3 Å². The summed E-state index contributed by atoms with van der Waals surface area (Å²) in [5, 5.41) is 3.10. The summed E-state index contributed by atoms with van der Waals surface area (Å²) < 4.78 is 107. The van der Waals surface area contributed by atoms with E-state index in [0.29, 0.717) is 6.92 Å². The first-order valence-electron chi connectivity index (χ1n) is 9.01. The molecule has 0 fully saturated rings. The molecule has 0 aliphatic carbocycles. The van der Waals surface area contributed by atoms with Crippen LogP contribution in [-0.2, 0) is 0 Å². The third kappa shape index (κ3) is 5.81. The normalized spacial score (nSPS) is 18.4. The van der Waals surface area contributed by atoms with E-state index in [2.05, 4.69) is 19.9 Å². The molecule has 27 heavy (non-hydrogen) atoms. The van der Waals surface area contributed by atoms with E-state index in [1.165, 1.54) is 23.5 Å². The van der Waals surface area contributed by atoms with Crippen molar-refractivity contribution in [2.75, 3.05) is 10.6 Å². The number of hydrogen-bond donors (Lipinski definition) is 2. The summed E-state index contributed by atoms with van der Waals surface area (Å²) >= 11 is 5.73. The quantitative estimate of drug-likeness (QED) is 0.556. The lowest BCUT2D eigenvalue weighted by Crippen LogP contribution is -2.35. The van der Waals surface area contributed by atoms with Crippen LogP contribution in [0.4, 0.5) is 38.2 Å². The lowest BCUT2D eigenvalue weighted by Gasteiger charge is -2.20. The molecule has 2 rings (SSSR count). The molecule has 2 heterocycles. The Kier molecular flexibility index (Phi) is 4.47.